The molecule has 0 spiro atoms. The lowest BCUT2D eigenvalue weighted by molar-refractivity contribution is 0.589. The number of benzene rings is 11. The van der Waals surface area contributed by atoms with Crippen molar-refractivity contribution in [3.8, 4) is 22.5 Å². The fourth-order valence-corrected chi connectivity index (χ4v) is 13.8. The van der Waals surface area contributed by atoms with E-state index in [1.54, 1.807) is 0 Å². The van der Waals surface area contributed by atoms with Crippen LogP contribution in [-0.4, -0.2) is 15.8 Å². The number of rotatable bonds is 5. The largest absolute Gasteiger partial charge is 0.452 e. The summed E-state index contributed by atoms with van der Waals surface area (Å²) in [5, 5.41) is 5.27. The van der Waals surface area contributed by atoms with Crippen molar-refractivity contribution in [1.82, 2.24) is 9.13 Å². The molecule has 3 aromatic heterocycles. The summed E-state index contributed by atoms with van der Waals surface area (Å²) in [4.78, 5) is 4.49. The molecule has 0 N–H and O–H groups in total. The van der Waals surface area contributed by atoms with E-state index in [-0.39, 0.29) is 16.7 Å². The van der Waals surface area contributed by atoms with Crippen LogP contribution in [-0.2, 0) is 16.2 Å². The maximum Gasteiger partial charge on any atom is 0.252 e. The summed E-state index contributed by atoms with van der Waals surface area (Å²) in [5.41, 5.74) is 13.6. The first kappa shape index (κ1) is 41.5. The molecule has 0 amide bonds. The predicted molar refractivity (Wildman–Crippen MR) is 358 cm³/mol. The number of hydrogen-bond acceptors (Lipinski definition) is 3. The second-order valence-electron chi connectivity index (χ2n) is 25.1. The van der Waals surface area contributed by atoms with Gasteiger partial charge in [0.25, 0.3) is 6.71 Å². The Kier molecular flexibility index (Phi) is 8.88. The van der Waals surface area contributed by atoms with Gasteiger partial charge in [0.05, 0.1) is 33.4 Å². The summed E-state index contributed by atoms with van der Waals surface area (Å²) in [6.45, 7) is 2.03. The van der Waals surface area contributed by atoms with Crippen LogP contribution in [0.4, 0.5) is 34.1 Å². The molecule has 0 fully saturated rings. The van der Waals surface area contributed by atoms with Crippen molar-refractivity contribution < 1.29 is 16.8 Å². The Bertz CT molecular complexity index is 5270. The average Bonchev–Trinajstić information content (AvgIpc) is 1.30. The van der Waals surface area contributed by atoms with Crippen LogP contribution in [0, 0.1) is 0 Å². The van der Waals surface area contributed by atoms with Crippen LogP contribution < -0.4 is 26.2 Å². The molecule has 2 aliphatic heterocycles. The topological polar surface area (TPSA) is 29.5 Å². The van der Waals surface area contributed by atoms with Gasteiger partial charge in [-0.2, -0.15) is 0 Å². The predicted octanol–water partition coefficient (Wildman–Crippen LogP) is 19.4. The molecule has 16 rings (SSSR count). The maximum absolute atomic E-state index is 9.27. The standard InChI is InChI=1S/C78H65BN4O/c1-76(2,3)50-35-37-53(38-36-50)80-69-47-54(81-63-29-17-13-24-55(63)56-25-14-18-30-64(56)81)39-40-61(69)79-62-42-49(48-22-11-10-12-23-48)34-41-67(62)83(71-45-52(78(7,8)9)44-70(80)73(71)79)72-46-51(77(4,5)6)43-60-59-28-21-33-68(74(59)84-75(60)72)82-65-31-19-15-26-57(65)58-27-16-20-32-66(58)82/h10-47H,1-9H3/i4D3,5D3,6D3. The Morgan fingerprint density at radius 3 is 1.46 bits per heavy atom. The Balaban J connectivity index is 1.06. The molecule has 5 nitrogen and oxygen atoms in total. The van der Waals surface area contributed by atoms with Crippen molar-refractivity contribution in [2.75, 3.05) is 9.80 Å². The minimum Gasteiger partial charge on any atom is -0.452 e. The molecule has 2 aliphatic rings. The summed E-state index contributed by atoms with van der Waals surface area (Å²) in [6, 6.07) is 79.2. The molecule has 14 aromatic rings. The fourth-order valence-electron chi connectivity index (χ4n) is 13.8. The highest BCUT2D eigenvalue weighted by atomic mass is 16.3. The molecule has 0 bridgehead atoms. The van der Waals surface area contributed by atoms with Gasteiger partial charge in [-0.1, -0.05) is 208 Å². The Morgan fingerprint density at radius 2 is 0.857 bits per heavy atom. The molecule has 0 radical (unpaired) electrons. The van der Waals surface area contributed by atoms with Crippen LogP contribution in [0.15, 0.2) is 235 Å². The van der Waals surface area contributed by atoms with Crippen molar-refractivity contribution in [3.63, 3.8) is 0 Å². The third kappa shape index (κ3) is 7.48. The normalized spacial score (nSPS) is 15.5. The smallest absolute Gasteiger partial charge is 0.252 e. The van der Waals surface area contributed by atoms with E-state index in [1.165, 1.54) is 17.7 Å². The molecule has 5 heterocycles. The van der Waals surface area contributed by atoms with Gasteiger partial charge in [-0.15, -0.1) is 0 Å². The molecule has 11 aromatic carbocycles. The van der Waals surface area contributed by atoms with E-state index in [4.69, 9.17) is 4.42 Å². The highest BCUT2D eigenvalue weighted by Crippen LogP contribution is 2.51. The molecule has 406 valence electrons. The van der Waals surface area contributed by atoms with Crippen LogP contribution in [0.1, 0.15) is 91.1 Å². The number of furan rings is 1. The quantitative estimate of drug-likeness (QED) is 0.161. The monoisotopic (exact) mass is 1090 g/mol. The highest BCUT2D eigenvalue weighted by Gasteiger charge is 2.45. The lowest BCUT2D eigenvalue weighted by atomic mass is 9.33. The number of anilines is 6. The van der Waals surface area contributed by atoms with Crippen molar-refractivity contribution in [3.05, 3.63) is 247 Å². The highest BCUT2D eigenvalue weighted by molar-refractivity contribution is 7.00. The first-order valence-corrected chi connectivity index (χ1v) is 29.0. The van der Waals surface area contributed by atoms with Gasteiger partial charge in [0, 0.05) is 78.8 Å². The van der Waals surface area contributed by atoms with Gasteiger partial charge in [0.1, 0.15) is 0 Å². The molecule has 0 unspecified atom stereocenters. The SMILES string of the molecule is [2H]C([2H])([2H])C(c1cc(N2c3ccc(-c4ccccc4)cc3B3c4ccc(-n5c6ccccc6c6ccccc65)cc4N(c4ccc(C(C)(C)C)cc4)c4cc(C(C)(C)C)cc2c43)c2oc3c(-n4c5ccccc5c5ccccc54)cccc3c2c1)(C([2H])([2H])[2H])C([2H])([2H])[2H]. The van der Waals surface area contributed by atoms with Crippen LogP contribution >= 0.6 is 0 Å². The fraction of sp³-hybridized carbons (Fsp3) is 0.154. The zero-order valence-corrected chi connectivity index (χ0v) is 47.7. The Labute approximate surface area is 504 Å². The molecular formula is C78H65BN4O. The second-order valence-corrected chi connectivity index (χ2v) is 25.1. The van der Waals surface area contributed by atoms with Gasteiger partial charge in [-0.3, -0.25) is 0 Å². The number of nitrogens with zero attached hydrogens (tertiary/aromatic N) is 4. The second kappa shape index (κ2) is 18.0. The van der Waals surface area contributed by atoms with Gasteiger partial charge in [0.2, 0.25) is 0 Å². The summed E-state index contributed by atoms with van der Waals surface area (Å²) in [6.07, 6.45) is 0. The van der Waals surface area contributed by atoms with Crippen LogP contribution in [0.5, 0.6) is 0 Å². The van der Waals surface area contributed by atoms with E-state index in [0.717, 1.165) is 105 Å². The lowest BCUT2D eigenvalue weighted by Gasteiger charge is -2.45. The van der Waals surface area contributed by atoms with E-state index < -0.39 is 38.1 Å². The van der Waals surface area contributed by atoms with Crippen LogP contribution in [0.3, 0.4) is 0 Å². The zero-order valence-electron chi connectivity index (χ0n) is 56.7. The molecule has 0 atom stereocenters. The van der Waals surface area contributed by atoms with Crippen molar-refractivity contribution in [2.24, 2.45) is 0 Å². The van der Waals surface area contributed by atoms with Crippen molar-refractivity contribution in [1.29, 1.82) is 0 Å². The summed E-state index contributed by atoms with van der Waals surface area (Å²) >= 11 is 0. The number of fused-ring (bicyclic) bond motifs is 13. The van der Waals surface area contributed by atoms with Gasteiger partial charge in [0.15, 0.2) is 11.2 Å². The molecular weight excluding hydrogens is 1020 g/mol. The summed E-state index contributed by atoms with van der Waals surface area (Å²) in [5.74, 6) is 0. The van der Waals surface area contributed by atoms with Crippen molar-refractivity contribution in [2.45, 2.75) is 78.3 Å². The van der Waals surface area contributed by atoms with Gasteiger partial charge in [-0.05, 0) is 145 Å². The maximum atomic E-state index is 9.27. The van der Waals surface area contributed by atoms with Gasteiger partial charge < -0.3 is 23.4 Å². The van der Waals surface area contributed by atoms with E-state index in [2.05, 4.69) is 218 Å². The lowest BCUT2D eigenvalue weighted by Crippen LogP contribution is -2.61. The van der Waals surface area contributed by atoms with Crippen LogP contribution in [0.2, 0.25) is 0 Å². The molecule has 0 aliphatic carbocycles. The Hall–Kier alpha value is -9.52. The molecule has 0 saturated carbocycles. The van der Waals surface area contributed by atoms with Crippen LogP contribution in [0.25, 0.3) is 88.1 Å². The average molecular weight is 1090 g/mol. The minimum atomic E-state index is -3.59. The van der Waals surface area contributed by atoms with E-state index >= 15 is 0 Å². The number of para-hydroxylation sites is 5. The summed E-state index contributed by atoms with van der Waals surface area (Å²) < 4.78 is 95.5. The molecule has 6 heteroatoms. The number of hydrogen-bond donors (Lipinski definition) is 0. The first-order valence-electron chi connectivity index (χ1n) is 33.5. The van der Waals surface area contributed by atoms with Gasteiger partial charge in [-0.25, -0.2) is 0 Å². The molecule has 84 heavy (non-hydrogen) atoms. The summed E-state index contributed by atoms with van der Waals surface area (Å²) in [7, 11) is 0. The Morgan fingerprint density at radius 1 is 0.333 bits per heavy atom. The van der Waals surface area contributed by atoms with E-state index in [0.29, 0.717) is 33.3 Å². The third-order valence-electron chi connectivity index (χ3n) is 17.9. The van der Waals surface area contributed by atoms with E-state index in [1.807, 2.05) is 60.7 Å². The van der Waals surface area contributed by atoms with Crippen molar-refractivity contribution >= 4 is 123 Å². The number of aromatic nitrogens is 2. The first-order chi connectivity index (χ1) is 44.3. The zero-order chi connectivity index (χ0) is 64.6. The van der Waals surface area contributed by atoms with Gasteiger partial charge >= 0.3 is 0 Å². The molecule has 0 saturated heterocycles. The third-order valence-corrected chi connectivity index (χ3v) is 17.9. The van der Waals surface area contributed by atoms with E-state index in [9.17, 15) is 12.3 Å². The minimum absolute atomic E-state index is 0.143.